The maximum atomic E-state index is 10.9. The van der Waals surface area contributed by atoms with E-state index in [0.717, 1.165) is 6.54 Å². The summed E-state index contributed by atoms with van der Waals surface area (Å²) in [5.74, 6) is -0.278. The lowest BCUT2D eigenvalue weighted by molar-refractivity contribution is -0.141. The topological polar surface area (TPSA) is 103 Å². The average Bonchev–Trinajstić information content (AvgIpc) is 2.74. The largest absolute Gasteiger partial charge is 0.469 e. The molecular weight excluding hydrogens is 386 g/mol. The van der Waals surface area contributed by atoms with Gasteiger partial charge in [-0.05, 0) is 7.05 Å². The molecule has 10 heteroatoms. The predicted octanol–water partition coefficient (Wildman–Crippen LogP) is -0.115. The summed E-state index contributed by atoms with van der Waals surface area (Å²) >= 11 is 0. The van der Waals surface area contributed by atoms with Crippen LogP contribution in [-0.4, -0.2) is 119 Å². The molecule has 0 fully saturated rings. The van der Waals surface area contributed by atoms with Crippen molar-refractivity contribution in [3.05, 3.63) is 0 Å². The number of hydrogen-bond acceptors (Lipinski definition) is 10. The average molecular weight is 426 g/mol. The Balaban J connectivity index is 3.01. The highest BCUT2D eigenvalue weighted by Crippen LogP contribution is 1.88. The number of rotatable bonds is 24. The van der Waals surface area contributed by atoms with Crippen molar-refractivity contribution in [1.29, 1.82) is 0 Å². The molecule has 0 aromatic heterocycles. The summed E-state index contributed by atoms with van der Waals surface area (Å²) in [4.78, 5) is 10.9. The van der Waals surface area contributed by atoms with E-state index in [1.54, 1.807) is 0 Å². The van der Waals surface area contributed by atoms with Crippen molar-refractivity contribution < 1.29 is 42.7 Å². The van der Waals surface area contributed by atoms with Crippen LogP contribution in [0.5, 0.6) is 0 Å². The molecule has 0 spiro atoms. The maximum Gasteiger partial charge on any atom is 0.307 e. The number of carbonyl (C=O) groups is 1. The second kappa shape index (κ2) is 25.2. The molecule has 0 atom stereocenters. The van der Waals surface area contributed by atoms with Crippen molar-refractivity contribution in [3.63, 3.8) is 0 Å². The van der Waals surface area contributed by atoms with Crippen LogP contribution in [0.1, 0.15) is 6.42 Å². The van der Waals surface area contributed by atoms with Crippen LogP contribution < -0.4 is 5.32 Å². The SMILES string of the molecule is CNCCOCCOCCOCCOCCOCCOCCOCCC(=O)OC. The molecule has 0 aliphatic heterocycles. The second-order valence-corrected chi connectivity index (χ2v) is 5.72. The van der Waals surface area contributed by atoms with Gasteiger partial charge in [0.1, 0.15) is 0 Å². The highest BCUT2D eigenvalue weighted by Gasteiger charge is 1.99. The highest BCUT2D eigenvalue weighted by molar-refractivity contribution is 5.69. The number of nitrogens with one attached hydrogen (secondary N) is 1. The summed E-state index contributed by atoms with van der Waals surface area (Å²) in [6, 6.07) is 0. The molecule has 0 rings (SSSR count). The predicted molar refractivity (Wildman–Crippen MR) is 106 cm³/mol. The molecule has 0 bridgehead atoms. The van der Waals surface area contributed by atoms with Gasteiger partial charge < -0.3 is 43.2 Å². The fourth-order valence-electron chi connectivity index (χ4n) is 1.85. The number of methoxy groups -OCH3 is 1. The molecule has 0 aliphatic rings. The molecule has 0 saturated heterocycles. The van der Waals surface area contributed by atoms with Crippen LogP contribution in [-0.2, 0) is 42.7 Å². The standard InChI is InChI=1S/C19H39NO9/c1-20-4-6-24-8-10-26-12-14-28-16-18-29-17-15-27-13-11-25-9-7-23-5-3-19(21)22-2/h20H,3-18H2,1-2H3. The Labute approximate surface area is 174 Å². The van der Waals surface area contributed by atoms with Crippen LogP contribution in [0.2, 0.25) is 0 Å². The van der Waals surface area contributed by atoms with Crippen molar-refractivity contribution in [2.75, 3.05) is 113 Å². The maximum absolute atomic E-state index is 10.9. The first-order chi connectivity index (χ1) is 14.3. The van der Waals surface area contributed by atoms with E-state index in [1.165, 1.54) is 7.11 Å². The zero-order chi connectivity index (χ0) is 21.3. The Kier molecular flexibility index (Phi) is 24.4. The first-order valence-electron chi connectivity index (χ1n) is 10.1. The Morgan fingerprint density at radius 1 is 0.552 bits per heavy atom. The van der Waals surface area contributed by atoms with Gasteiger partial charge in [0.15, 0.2) is 0 Å². The zero-order valence-electron chi connectivity index (χ0n) is 18.0. The molecule has 0 aromatic rings. The van der Waals surface area contributed by atoms with E-state index in [0.29, 0.717) is 92.5 Å². The molecule has 0 aliphatic carbocycles. The third-order valence-corrected chi connectivity index (χ3v) is 3.41. The van der Waals surface area contributed by atoms with E-state index >= 15 is 0 Å². The minimum Gasteiger partial charge on any atom is -0.469 e. The lowest BCUT2D eigenvalue weighted by atomic mass is 10.5. The normalized spacial score (nSPS) is 11.1. The van der Waals surface area contributed by atoms with E-state index in [-0.39, 0.29) is 12.4 Å². The lowest BCUT2D eigenvalue weighted by Crippen LogP contribution is -2.17. The lowest BCUT2D eigenvalue weighted by Gasteiger charge is -2.08. The van der Waals surface area contributed by atoms with Crippen molar-refractivity contribution in [2.45, 2.75) is 6.42 Å². The van der Waals surface area contributed by atoms with E-state index in [1.807, 2.05) is 7.05 Å². The fourth-order valence-corrected chi connectivity index (χ4v) is 1.85. The van der Waals surface area contributed by atoms with Crippen molar-refractivity contribution >= 4 is 5.97 Å². The first-order valence-corrected chi connectivity index (χ1v) is 10.1. The van der Waals surface area contributed by atoms with E-state index in [9.17, 15) is 4.79 Å². The summed E-state index contributed by atoms with van der Waals surface area (Å²) in [5.41, 5.74) is 0. The fraction of sp³-hybridized carbons (Fsp3) is 0.947. The van der Waals surface area contributed by atoms with Crippen molar-refractivity contribution in [2.24, 2.45) is 0 Å². The van der Waals surface area contributed by atoms with Crippen LogP contribution in [0.4, 0.5) is 0 Å². The van der Waals surface area contributed by atoms with Gasteiger partial charge in [0.2, 0.25) is 0 Å². The summed E-state index contributed by atoms with van der Waals surface area (Å²) in [5, 5.41) is 3.01. The van der Waals surface area contributed by atoms with E-state index < -0.39 is 0 Å². The van der Waals surface area contributed by atoms with Gasteiger partial charge in [0.05, 0.1) is 106 Å². The van der Waals surface area contributed by atoms with Crippen molar-refractivity contribution in [1.82, 2.24) is 5.32 Å². The van der Waals surface area contributed by atoms with Gasteiger partial charge in [-0.2, -0.15) is 0 Å². The molecule has 0 heterocycles. The minimum absolute atomic E-state index is 0.255. The first kappa shape index (κ1) is 28.1. The summed E-state index contributed by atoms with van der Waals surface area (Å²) in [6.07, 6.45) is 0.255. The van der Waals surface area contributed by atoms with Crippen LogP contribution in [0, 0.1) is 0 Å². The van der Waals surface area contributed by atoms with Gasteiger partial charge in [-0.15, -0.1) is 0 Å². The Hall–Kier alpha value is -0.850. The molecular formula is C19H39NO9. The molecule has 0 aromatic carbocycles. The number of ether oxygens (including phenoxy) is 8. The van der Waals surface area contributed by atoms with Crippen LogP contribution >= 0.6 is 0 Å². The summed E-state index contributed by atoms with van der Waals surface area (Å²) in [6.45, 7) is 8.11. The van der Waals surface area contributed by atoms with Crippen LogP contribution in [0.15, 0.2) is 0 Å². The summed E-state index contributed by atoms with van der Waals surface area (Å²) < 4.78 is 42.0. The smallest absolute Gasteiger partial charge is 0.307 e. The highest BCUT2D eigenvalue weighted by atomic mass is 16.6. The second-order valence-electron chi connectivity index (χ2n) is 5.72. The zero-order valence-corrected chi connectivity index (χ0v) is 18.0. The molecule has 29 heavy (non-hydrogen) atoms. The van der Waals surface area contributed by atoms with Crippen LogP contribution in [0.3, 0.4) is 0 Å². The van der Waals surface area contributed by atoms with Crippen molar-refractivity contribution in [3.8, 4) is 0 Å². The van der Waals surface area contributed by atoms with Gasteiger partial charge in [0.25, 0.3) is 0 Å². The Morgan fingerprint density at radius 3 is 1.17 bits per heavy atom. The van der Waals surface area contributed by atoms with Gasteiger partial charge in [0, 0.05) is 6.54 Å². The molecule has 10 nitrogen and oxygen atoms in total. The molecule has 0 unspecified atom stereocenters. The number of esters is 1. The monoisotopic (exact) mass is 425 g/mol. The van der Waals surface area contributed by atoms with E-state index in [4.69, 9.17) is 33.2 Å². The molecule has 1 N–H and O–H groups in total. The van der Waals surface area contributed by atoms with Crippen LogP contribution in [0.25, 0.3) is 0 Å². The third-order valence-electron chi connectivity index (χ3n) is 3.41. The number of carbonyl (C=O) groups excluding carboxylic acids is 1. The number of likely N-dealkylation sites (N-methyl/N-ethyl adjacent to an activating group) is 1. The van der Waals surface area contributed by atoms with Gasteiger partial charge in [-0.25, -0.2) is 0 Å². The minimum atomic E-state index is -0.278. The van der Waals surface area contributed by atoms with E-state index in [2.05, 4.69) is 10.1 Å². The molecule has 174 valence electrons. The van der Waals surface area contributed by atoms with Gasteiger partial charge in [-0.1, -0.05) is 0 Å². The molecule has 0 amide bonds. The quantitative estimate of drug-likeness (QED) is 0.166. The molecule has 0 saturated carbocycles. The number of hydrogen-bond donors (Lipinski definition) is 1. The van der Waals surface area contributed by atoms with Gasteiger partial charge in [-0.3, -0.25) is 4.79 Å². The molecule has 0 radical (unpaired) electrons. The summed E-state index contributed by atoms with van der Waals surface area (Å²) in [7, 11) is 3.25. The Morgan fingerprint density at radius 2 is 0.862 bits per heavy atom. The Bertz CT molecular complexity index is 335. The third kappa shape index (κ3) is 25.1. The van der Waals surface area contributed by atoms with Gasteiger partial charge >= 0.3 is 5.97 Å².